The molecule has 0 atom stereocenters. The minimum absolute atomic E-state index is 0.0281. The molecule has 0 aliphatic heterocycles. The molecule has 13 heavy (non-hydrogen) atoms. The van der Waals surface area contributed by atoms with Crippen LogP contribution >= 0.6 is 22.6 Å². The highest BCUT2D eigenvalue weighted by Crippen LogP contribution is 2.17. The topological polar surface area (TPSA) is 56.6 Å². The second-order valence-corrected chi connectivity index (χ2v) is 3.27. The first kappa shape index (κ1) is 10.1. The Morgan fingerprint density at radius 2 is 2.23 bits per heavy atom. The maximum absolute atomic E-state index is 12.1. The summed E-state index contributed by atoms with van der Waals surface area (Å²) in [6.45, 7) is 0. The summed E-state index contributed by atoms with van der Waals surface area (Å²) in [6.07, 6.45) is -2.77. The molecule has 0 radical (unpaired) electrons. The number of nitrogens with one attached hydrogen (secondary N) is 1. The minimum atomic E-state index is -2.77. The normalized spacial score (nSPS) is 10.1. The lowest BCUT2D eigenvalue weighted by atomic mass is 10.2. The molecule has 0 unspecified atom stereocenters. The number of aromatic amines is 1. The molecular formula is C7H3F2IN2O. The zero-order valence-corrected chi connectivity index (χ0v) is 8.30. The Hall–Kier alpha value is -0.970. The van der Waals surface area contributed by atoms with Gasteiger partial charge in [-0.1, -0.05) is 0 Å². The zero-order chi connectivity index (χ0) is 10.0. The number of alkyl halides is 2. The average molecular weight is 296 g/mol. The second kappa shape index (κ2) is 3.83. The maximum Gasteiger partial charge on any atom is 0.278 e. The van der Waals surface area contributed by atoms with Gasteiger partial charge in [-0.2, -0.15) is 5.26 Å². The van der Waals surface area contributed by atoms with Crippen LogP contribution in [0.1, 0.15) is 17.7 Å². The molecule has 3 nitrogen and oxygen atoms in total. The molecule has 1 rings (SSSR count). The number of hydrogen-bond acceptors (Lipinski definition) is 2. The van der Waals surface area contributed by atoms with Crippen molar-refractivity contribution in [2.45, 2.75) is 6.43 Å². The van der Waals surface area contributed by atoms with E-state index in [1.54, 1.807) is 28.7 Å². The third-order valence-electron chi connectivity index (χ3n) is 1.35. The van der Waals surface area contributed by atoms with Crippen LogP contribution in [0.5, 0.6) is 0 Å². The molecule has 0 aromatic carbocycles. The van der Waals surface area contributed by atoms with E-state index in [1.165, 1.54) is 0 Å². The lowest BCUT2D eigenvalue weighted by molar-refractivity contribution is 0.145. The van der Waals surface area contributed by atoms with Crippen molar-refractivity contribution in [2.24, 2.45) is 0 Å². The van der Waals surface area contributed by atoms with Crippen molar-refractivity contribution < 1.29 is 8.78 Å². The first-order valence-corrected chi connectivity index (χ1v) is 4.25. The number of pyridine rings is 1. The number of aromatic nitrogens is 1. The minimum Gasteiger partial charge on any atom is -0.320 e. The van der Waals surface area contributed by atoms with Gasteiger partial charge in [0.15, 0.2) is 0 Å². The van der Waals surface area contributed by atoms with Gasteiger partial charge in [-0.05, 0) is 28.7 Å². The first-order chi connectivity index (χ1) is 6.06. The molecule has 68 valence electrons. The van der Waals surface area contributed by atoms with Gasteiger partial charge in [0, 0.05) is 0 Å². The number of H-pyrrole nitrogens is 1. The van der Waals surface area contributed by atoms with E-state index in [1.807, 2.05) is 4.98 Å². The van der Waals surface area contributed by atoms with E-state index in [9.17, 15) is 13.6 Å². The molecule has 0 saturated heterocycles. The predicted octanol–water partition coefficient (Wildman–Crippen LogP) is 1.79. The molecule has 0 spiro atoms. The molecule has 1 aromatic heterocycles. The van der Waals surface area contributed by atoms with Gasteiger partial charge in [-0.15, -0.1) is 0 Å². The van der Waals surface area contributed by atoms with Gasteiger partial charge in [0.2, 0.25) is 0 Å². The molecule has 0 bridgehead atoms. The van der Waals surface area contributed by atoms with Gasteiger partial charge in [0.25, 0.3) is 12.0 Å². The molecule has 6 heteroatoms. The number of halogens is 3. The van der Waals surface area contributed by atoms with Crippen LogP contribution in [0.2, 0.25) is 0 Å². The lowest BCUT2D eigenvalue weighted by Crippen LogP contribution is -2.14. The lowest BCUT2D eigenvalue weighted by Gasteiger charge is -2.00. The third-order valence-corrected chi connectivity index (χ3v) is 2.42. The van der Waals surface area contributed by atoms with Gasteiger partial charge >= 0.3 is 0 Å². The van der Waals surface area contributed by atoms with Crippen LogP contribution in [0.15, 0.2) is 10.9 Å². The summed E-state index contributed by atoms with van der Waals surface area (Å²) < 4.78 is 24.4. The Morgan fingerprint density at radius 1 is 1.62 bits per heavy atom. The fourth-order valence-electron chi connectivity index (χ4n) is 0.762. The van der Waals surface area contributed by atoms with Crippen molar-refractivity contribution in [1.82, 2.24) is 4.98 Å². The molecule has 0 saturated carbocycles. The van der Waals surface area contributed by atoms with Crippen LogP contribution < -0.4 is 5.56 Å². The third kappa shape index (κ3) is 2.03. The monoisotopic (exact) mass is 296 g/mol. The van der Waals surface area contributed by atoms with Crippen LogP contribution in [0.3, 0.4) is 0 Å². The van der Waals surface area contributed by atoms with E-state index in [-0.39, 0.29) is 9.13 Å². The van der Waals surface area contributed by atoms with Crippen molar-refractivity contribution in [2.75, 3.05) is 0 Å². The van der Waals surface area contributed by atoms with E-state index in [4.69, 9.17) is 5.26 Å². The number of nitrogens with zero attached hydrogens (tertiary/aromatic N) is 1. The van der Waals surface area contributed by atoms with E-state index < -0.39 is 17.7 Å². The maximum atomic E-state index is 12.1. The summed E-state index contributed by atoms with van der Waals surface area (Å²) in [4.78, 5) is 13.0. The number of hydrogen-bond donors (Lipinski definition) is 1. The summed E-state index contributed by atoms with van der Waals surface area (Å²) in [5, 5.41) is 8.50. The highest BCUT2D eigenvalue weighted by Gasteiger charge is 2.12. The van der Waals surface area contributed by atoms with Gasteiger partial charge in [0.1, 0.15) is 6.07 Å². The molecular weight excluding hydrogens is 293 g/mol. The number of rotatable bonds is 1. The van der Waals surface area contributed by atoms with Crippen molar-refractivity contribution >= 4 is 22.6 Å². The first-order valence-electron chi connectivity index (χ1n) is 3.17. The summed E-state index contributed by atoms with van der Waals surface area (Å²) in [6, 6.07) is 2.65. The van der Waals surface area contributed by atoms with Crippen molar-refractivity contribution in [3.8, 4) is 6.07 Å². The Labute approximate surface area is 85.5 Å². The van der Waals surface area contributed by atoms with Gasteiger partial charge in [-0.25, -0.2) is 8.78 Å². The van der Waals surface area contributed by atoms with Gasteiger partial charge in [0.05, 0.1) is 14.8 Å². The van der Waals surface area contributed by atoms with Crippen LogP contribution in [-0.4, -0.2) is 4.98 Å². The van der Waals surface area contributed by atoms with Gasteiger partial charge in [-0.3, -0.25) is 4.79 Å². The number of nitriles is 1. The van der Waals surface area contributed by atoms with Crippen LogP contribution in [0.25, 0.3) is 0 Å². The molecule has 1 heterocycles. The fourth-order valence-corrected chi connectivity index (χ4v) is 1.17. The summed E-state index contributed by atoms with van der Waals surface area (Å²) in [7, 11) is 0. The second-order valence-electron chi connectivity index (χ2n) is 2.19. The van der Waals surface area contributed by atoms with Crippen LogP contribution in [0, 0.1) is 14.9 Å². The Balaban J connectivity index is 3.42. The Kier molecular flexibility index (Phi) is 2.98. The Bertz CT molecular complexity index is 421. The quantitative estimate of drug-likeness (QED) is 0.803. The molecule has 0 aliphatic carbocycles. The van der Waals surface area contributed by atoms with Crippen LogP contribution in [0.4, 0.5) is 8.78 Å². The summed E-state index contributed by atoms with van der Waals surface area (Å²) in [5.41, 5.74) is -1.21. The van der Waals surface area contributed by atoms with Crippen molar-refractivity contribution in [3.05, 3.63) is 31.2 Å². The highest BCUT2D eigenvalue weighted by atomic mass is 127. The van der Waals surface area contributed by atoms with E-state index in [0.717, 1.165) is 6.07 Å². The molecule has 0 aliphatic rings. The van der Waals surface area contributed by atoms with E-state index in [0.29, 0.717) is 0 Å². The van der Waals surface area contributed by atoms with Crippen molar-refractivity contribution in [3.63, 3.8) is 0 Å². The Morgan fingerprint density at radius 3 is 2.69 bits per heavy atom. The molecule has 0 fully saturated rings. The highest BCUT2D eigenvalue weighted by molar-refractivity contribution is 14.1. The largest absolute Gasteiger partial charge is 0.320 e. The van der Waals surface area contributed by atoms with Crippen LogP contribution in [-0.2, 0) is 0 Å². The zero-order valence-electron chi connectivity index (χ0n) is 6.14. The fraction of sp³-hybridized carbons (Fsp3) is 0.143. The smallest absolute Gasteiger partial charge is 0.278 e. The SMILES string of the molecule is N#Cc1cc(C(F)F)[nH]c(=O)c1I. The average Bonchev–Trinajstić information content (AvgIpc) is 2.09. The molecule has 1 N–H and O–H groups in total. The standard InChI is InChI=1S/C7H3F2IN2O/c8-6(9)4-1-3(2-11)5(10)7(13)12-4/h1,6H,(H,12,13). The van der Waals surface area contributed by atoms with Gasteiger partial charge < -0.3 is 4.98 Å². The summed E-state index contributed by atoms with van der Waals surface area (Å²) >= 11 is 1.63. The summed E-state index contributed by atoms with van der Waals surface area (Å²) in [5.74, 6) is 0. The van der Waals surface area contributed by atoms with E-state index in [2.05, 4.69) is 0 Å². The molecule has 1 aromatic rings. The predicted molar refractivity (Wildman–Crippen MR) is 49.5 cm³/mol. The van der Waals surface area contributed by atoms with E-state index >= 15 is 0 Å². The molecule has 0 amide bonds. The van der Waals surface area contributed by atoms with Crippen molar-refractivity contribution in [1.29, 1.82) is 5.26 Å².